The first-order chi connectivity index (χ1) is 15.0. The smallest absolute Gasteiger partial charge is 0.252 e. The van der Waals surface area contributed by atoms with Crippen LogP contribution < -0.4 is 25.2 Å². The fourth-order valence-electron chi connectivity index (χ4n) is 2.80. The van der Waals surface area contributed by atoms with Gasteiger partial charge in [-0.25, -0.2) is 10.4 Å². The number of nitrogens with zero attached hydrogens (tertiary/aromatic N) is 2. The highest BCUT2D eigenvalue weighted by molar-refractivity contribution is 6.32. The normalized spacial score (nSPS) is 10.8. The average molecular weight is 443 g/mol. The maximum atomic E-state index is 12.0. The third-order valence-electron chi connectivity index (χ3n) is 4.13. The van der Waals surface area contributed by atoms with Gasteiger partial charge in [0.2, 0.25) is 5.95 Å². The van der Waals surface area contributed by atoms with E-state index in [4.69, 9.17) is 25.8 Å². The lowest BCUT2D eigenvalue weighted by Crippen LogP contribution is -2.10. The molecule has 3 aromatic rings. The Morgan fingerprint density at radius 2 is 1.87 bits per heavy atom. The van der Waals surface area contributed by atoms with Crippen LogP contribution in [0.2, 0.25) is 5.02 Å². The third kappa shape index (κ3) is 5.76. The minimum Gasteiger partial charge on any atom is -0.497 e. The van der Waals surface area contributed by atoms with Crippen LogP contribution >= 0.6 is 11.6 Å². The van der Waals surface area contributed by atoms with Crippen molar-refractivity contribution in [3.63, 3.8) is 0 Å². The Balaban J connectivity index is 1.80. The molecule has 0 aliphatic heterocycles. The Labute approximate surface area is 184 Å². The maximum Gasteiger partial charge on any atom is 0.252 e. The SMILES string of the molecule is CCOc1cc(/C=N\Nc2nc(-c3ccc(OC)cc3)cc(=O)[nH]2)cc(Cl)c1OCC. The Bertz CT molecular complexity index is 1110. The van der Waals surface area contributed by atoms with Crippen molar-refractivity contribution in [2.75, 3.05) is 25.7 Å². The molecule has 8 nitrogen and oxygen atoms in total. The number of aromatic nitrogens is 2. The van der Waals surface area contributed by atoms with Gasteiger partial charge in [0, 0.05) is 11.6 Å². The van der Waals surface area contributed by atoms with Crippen molar-refractivity contribution in [3.8, 4) is 28.5 Å². The number of hydrazone groups is 1. The number of H-pyrrole nitrogens is 1. The molecule has 162 valence electrons. The molecule has 0 atom stereocenters. The zero-order valence-electron chi connectivity index (χ0n) is 17.4. The minimum absolute atomic E-state index is 0.205. The summed E-state index contributed by atoms with van der Waals surface area (Å²) < 4.78 is 16.3. The molecule has 0 saturated heterocycles. The fraction of sp³-hybridized carbons (Fsp3) is 0.227. The van der Waals surface area contributed by atoms with Gasteiger partial charge in [-0.1, -0.05) is 11.6 Å². The second-order valence-electron chi connectivity index (χ2n) is 6.27. The average Bonchev–Trinajstić information content (AvgIpc) is 2.76. The molecule has 0 unspecified atom stereocenters. The molecular weight excluding hydrogens is 420 g/mol. The van der Waals surface area contributed by atoms with E-state index in [1.807, 2.05) is 26.0 Å². The number of rotatable bonds is 9. The van der Waals surface area contributed by atoms with Crippen molar-refractivity contribution in [3.05, 3.63) is 63.4 Å². The Morgan fingerprint density at radius 3 is 2.55 bits per heavy atom. The van der Waals surface area contributed by atoms with Crippen LogP contribution in [0.3, 0.4) is 0 Å². The molecular formula is C22H23ClN4O4. The van der Waals surface area contributed by atoms with Crippen molar-refractivity contribution in [2.45, 2.75) is 13.8 Å². The summed E-state index contributed by atoms with van der Waals surface area (Å²) in [5.74, 6) is 1.95. The van der Waals surface area contributed by atoms with Gasteiger partial charge in [0.15, 0.2) is 11.5 Å². The van der Waals surface area contributed by atoms with Crippen molar-refractivity contribution in [2.24, 2.45) is 5.10 Å². The van der Waals surface area contributed by atoms with E-state index < -0.39 is 0 Å². The number of anilines is 1. The van der Waals surface area contributed by atoms with Gasteiger partial charge in [0.05, 0.1) is 37.3 Å². The first-order valence-corrected chi connectivity index (χ1v) is 10.1. The second-order valence-corrected chi connectivity index (χ2v) is 6.68. The summed E-state index contributed by atoms with van der Waals surface area (Å²) in [7, 11) is 1.59. The summed E-state index contributed by atoms with van der Waals surface area (Å²) >= 11 is 6.32. The molecule has 31 heavy (non-hydrogen) atoms. The van der Waals surface area contributed by atoms with Gasteiger partial charge < -0.3 is 14.2 Å². The molecule has 0 aliphatic carbocycles. The van der Waals surface area contributed by atoms with Crippen molar-refractivity contribution >= 4 is 23.8 Å². The molecule has 1 aromatic heterocycles. The van der Waals surface area contributed by atoms with Crippen molar-refractivity contribution < 1.29 is 14.2 Å². The molecule has 0 fully saturated rings. The monoisotopic (exact) mass is 442 g/mol. The van der Waals surface area contributed by atoms with Gasteiger partial charge in [-0.05, 0) is 55.8 Å². The van der Waals surface area contributed by atoms with Gasteiger partial charge in [-0.2, -0.15) is 5.10 Å². The number of hydrogen-bond acceptors (Lipinski definition) is 7. The lowest BCUT2D eigenvalue weighted by atomic mass is 10.1. The number of methoxy groups -OCH3 is 1. The molecule has 0 aliphatic rings. The number of benzene rings is 2. The Morgan fingerprint density at radius 1 is 1.13 bits per heavy atom. The quantitative estimate of drug-likeness (QED) is 0.378. The van der Waals surface area contributed by atoms with Gasteiger partial charge >= 0.3 is 0 Å². The molecule has 2 N–H and O–H groups in total. The highest BCUT2D eigenvalue weighted by Crippen LogP contribution is 2.36. The van der Waals surface area contributed by atoms with E-state index in [1.54, 1.807) is 37.6 Å². The summed E-state index contributed by atoms with van der Waals surface area (Å²) in [6.07, 6.45) is 1.55. The molecule has 0 radical (unpaired) electrons. The van der Waals surface area contributed by atoms with Crippen LogP contribution in [-0.4, -0.2) is 36.5 Å². The van der Waals surface area contributed by atoms with Crippen LogP contribution in [0.5, 0.6) is 17.2 Å². The van der Waals surface area contributed by atoms with Crippen LogP contribution in [0.1, 0.15) is 19.4 Å². The zero-order chi connectivity index (χ0) is 22.2. The van der Waals surface area contributed by atoms with Gasteiger partial charge in [0.25, 0.3) is 5.56 Å². The summed E-state index contributed by atoms with van der Waals surface area (Å²) in [4.78, 5) is 19.1. The van der Waals surface area contributed by atoms with Crippen LogP contribution in [0.25, 0.3) is 11.3 Å². The molecule has 0 bridgehead atoms. The molecule has 0 saturated carbocycles. The van der Waals surface area contributed by atoms with E-state index in [0.717, 1.165) is 11.3 Å². The standard InChI is InChI=1S/C22H23ClN4O4/c1-4-30-19-11-14(10-17(23)21(19)31-5-2)13-24-27-22-25-18(12-20(28)26-22)15-6-8-16(29-3)9-7-15/h6-13H,4-5H2,1-3H3,(H2,25,26,27,28)/b24-13-. The second kappa shape index (κ2) is 10.5. The number of nitrogens with one attached hydrogen (secondary N) is 2. The molecule has 3 rings (SSSR count). The third-order valence-corrected chi connectivity index (χ3v) is 4.41. The van der Waals surface area contributed by atoms with E-state index in [1.165, 1.54) is 6.07 Å². The van der Waals surface area contributed by atoms with Crippen LogP contribution in [0.4, 0.5) is 5.95 Å². The topological polar surface area (TPSA) is 97.8 Å². The van der Waals surface area contributed by atoms with E-state index in [-0.39, 0.29) is 11.5 Å². The predicted octanol–water partition coefficient (Wildman–Crippen LogP) is 4.34. The van der Waals surface area contributed by atoms with Crippen LogP contribution in [-0.2, 0) is 0 Å². The maximum absolute atomic E-state index is 12.0. The molecule has 0 spiro atoms. The predicted molar refractivity (Wildman–Crippen MR) is 122 cm³/mol. The van der Waals surface area contributed by atoms with Gasteiger partial charge in [0.1, 0.15) is 5.75 Å². The van der Waals surface area contributed by atoms with Crippen molar-refractivity contribution in [1.29, 1.82) is 0 Å². The highest BCUT2D eigenvalue weighted by Gasteiger charge is 2.11. The lowest BCUT2D eigenvalue weighted by molar-refractivity contribution is 0.288. The minimum atomic E-state index is -0.304. The Hall–Kier alpha value is -3.52. The number of halogens is 1. The van der Waals surface area contributed by atoms with Crippen LogP contribution in [0, 0.1) is 0 Å². The van der Waals surface area contributed by atoms with Gasteiger partial charge in [-0.15, -0.1) is 0 Å². The molecule has 1 heterocycles. The first kappa shape index (κ1) is 22.2. The summed E-state index contributed by atoms with van der Waals surface area (Å²) in [5.41, 5.74) is 4.41. The lowest BCUT2D eigenvalue weighted by Gasteiger charge is -2.13. The van der Waals surface area contributed by atoms with Crippen LogP contribution in [0.15, 0.2) is 52.4 Å². The highest BCUT2D eigenvalue weighted by atomic mass is 35.5. The largest absolute Gasteiger partial charge is 0.497 e. The Kier molecular flexibility index (Phi) is 7.50. The van der Waals surface area contributed by atoms with E-state index >= 15 is 0 Å². The first-order valence-electron chi connectivity index (χ1n) is 9.68. The fourth-order valence-corrected chi connectivity index (χ4v) is 3.07. The van der Waals surface area contributed by atoms with Crippen molar-refractivity contribution in [1.82, 2.24) is 9.97 Å². The molecule has 0 amide bonds. The molecule has 9 heteroatoms. The summed E-state index contributed by atoms with van der Waals surface area (Å²) in [5, 5.41) is 4.57. The van der Waals surface area contributed by atoms with E-state index in [9.17, 15) is 4.79 Å². The number of ether oxygens (including phenoxy) is 3. The zero-order valence-corrected chi connectivity index (χ0v) is 18.2. The summed E-state index contributed by atoms with van der Waals surface area (Å²) in [6, 6.07) is 12.1. The number of aromatic amines is 1. The molecule has 2 aromatic carbocycles. The van der Waals surface area contributed by atoms with E-state index in [2.05, 4.69) is 20.5 Å². The van der Waals surface area contributed by atoms with Gasteiger partial charge in [-0.3, -0.25) is 9.78 Å². The summed E-state index contributed by atoms with van der Waals surface area (Å²) in [6.45, 7) is 4.69. The number of hydrogen-bond donors (Lipinski definition) is 2. The van der Waals surface area contributed by atoms with E-state index in [0.29, 0.717) is 41.0 Å².